The van der Waals surface area contributed by atoms with Gasteiger partial charge in [-0.1, -0.05) is 28.9 Å². The molecule has 7 heteroatoms. The van der Waals surface area contributed by atoms with Crippen molar-refractivity contribution in [1.82, 2.24) is 15.1 Å². The highest BCUT2D eigenvalue weighted by Crippen LogP contribution is 2.18. The third kappa shape index (κ3) is 3.74. The molecule has 4 N–H and O–H groups in total. The highest BCUT2D eigenvalue weighted by molar-refractivity contribution is 6.31. The highest BCUT2D eigenvalue weighted by Gasteiger charge is 2.06. The van der Waals surface area contributed by atoms with Crippen LogP contribution in [-0.4, -0.2) is 20.8 Å². The Hall–Kier alpha value is -2.05. The number of halogens is 1. The molecule has 1 aromatic heterocycles. The predicted octanol–water partition coefficient (Wildman–Crippen LogP) is 1.77. The summed E-state index contributed by atoms with van der Waals surface area (Å²) >= 11 is 6.20. The maximum Gasteiger partial charge on any atom is 0.170 e. The Kier molecular flexibility index (Phi) is 4.82. The van der Waals surface area contributed by atoms with Gasteiger partial charge in [0.05, 0.1) is 5.69 Å². The molecule has 1 aromatic carbocycles. The van der Waals surface area contributed by atoms with Crippen molar-refractivity contribution in [3.05, 3.63) is 51.8 Å². The van der Waals surface area contributed by atoms with Crippen LogP contribution in [0.1, 0.15) is 22.4 Å². The van der Waals surface area contributed by atoms with Crippen LogP contribution in [0.5, 0.6) is 0 Å². The Bertz CT molecular complexity index is 665. The smallest absolute Gasteiger partial charge is 0.170 e. The number of nitrogens with zero attached hydrogens (tertiary/aromatic N) is 3. The van der Waals surface area contributed by atoms with Crippen LogP contribution < -0.4 is 11.1 Å². The minimum atomic E-state index is 0.0439. The zero-order valence-corrected chi connectivity index (χ0v) is 12.7. The number of amidine groups is 1. The Labute approximate surface area is 128 Å². The molecule has 0 aliphatic heterocycles. The molecule has 2 aromatic rings. The van der Waals surface area contributed by atoms with Gasteiger partial charge in [-0.05, 0) is 18.6 Å². The number of rotatable bonds is 5. The van der Waals surface area contributed by atoms with E-state index in [1.54, 1.807) is 16.8 Å². The first-order valence-electron chi connectivity index (χ1n) is 6.47. The summed E-state index contributed by atoms with van der Waals surface area (Å²) in [4.78, 5) is 0. The molecule has 0 saturated carbocycles. The first kappa shape index (κ1) is 15.3. The van der Waals surface area contributed by atoms with Crippen molar-refractivity contribution in [2.24, 2.45) is 17.9 Å². The van der Waals surface area contributed by atoms with Gasteiger partial charge in [0.2, 0.25) is 0 Å². The van der Waals surface area contributed by atoms with Crippen molar-refractivity contribution >= 4 is 17.4 Å². The van der Waals surface area contributed by atoms with Crippen LogP contribution in [0.15, 0.2) is 29.6 Å². The molecule has 21 heavy (non-hydrogen) atoms. The highest BCUT2D eigenvalue weighted by atomic mass is 35.5. The fourth-order valence-corrected chi connectivity index (χ4v) is 2.31. The van der Waals surface area contributed by atoms with E-state index < -0.39 is 0 Å². The lowest BCUT2D eigenvalue weighted by Crippen LogP contribution is -2.15. The normalized spacial score (nSPS) is 11.9. The van der Waals surface area contributed by atoms with Gasteiger partial charge in [-0.25, -0.2) is 0 Å². The molecule has 0 saturated heterocycles. The second-order valence-corrected chi connectivity index (χ2v) is 5.22. The number of benzene rings is 1. The van der Waals surface area contributed by atoms with Gasteiger partial charge in [-0.2, -0.15) is 5.10 Å². The summed E-state index contributed by atoms with van der Waals surface area (Å²) in [6, 6.07) is 5.31. The zero-order chi connectivity index (χ0) is 15.4. The first-order valence-corrected chi connectivity index (χ1v) is 6.85. The van der Waals surface area contributed by atoms with E-state index in [9.17, 15) is 0 Å². The zero-order valence-electron chi connectivity index (χ0n) is 12.0. The van der Waals surface area contributed by atoms with Crippen LogP contribution in [0.2, 0.25) is 5.02 Å². The minimum Gasteiger partial charge on any atom is -0.409 e. The molecule has 0 bridgehead atoms. The molecule has 6 nitrogen and oxygen atoms in total. The average Bonchev–Trinajstić information content (AvgIpc) is 2.78. The molecular formula is C14H18ClN5O. The molecule has 1 heterocycles. The fourth-order valence-electron chi connectivity index (χ4n) is 2.06. The first-order chi connectivity index (χ1) is 10.0. The number of aryl methyl sites for hydroxylation is 2. The molecule has 0 unspecified atom stereocenters. The van der Waals surface area contributed by atoms with Gasteiger partial charge in [0.15, 0.2) is 5.84 Å². The molecule has 0 spiro atoms. The van der Waals surface area contributed by atoms with Crippen molar-refractivity contribution in [3.63, 3.8) is 0 Å². The maximum absolute atomic E-state index is 8.64. The number of aromatic nitrogens is 2. The van der Waals surface area contributed by atoms with Crippen LogP contribution in [0.3, 0.4) is 0 Å². The summed E-state index contributed by atoms with van der Waals surface area (Å²) < 4.78 is 1.80. The van der Waals surface area contributed by atoms with E-state index >= 15 is 0 Å². The molecule has 0 amide bonds. The van der Waals surface area contributed by atoms with E-state index in [4.69, 9.17) is 22.5 Å². The van der Waals surface area contributed by atoms with Crippen LogP contribution in [-0.2, 0) is 20.1 Å². The Balaban J connectivity index is 1.99. The lowest BCUT2D eigenvalue weighted by Gasteiger charge is -2.08. The van der Waals surface area contributed by atoms with E-state index in [0.717, 1.165) is 23.4 Å². The molecular weight excluding hydrogens is 290 g/mol. The Morgan fingerprint density at radius 1 is 1.43 bits per heavy atom. The fraction of sp³-hybridized carbons (Fsp3) is 0.286. The number of nitrogens with one attached hydrogen (secondary N) is 1. The predicted molar refractivity (Wildman–Crippen MR) is 82.5 cm³/mol. The van der Waals surface area contributed by atoms with Gasteiger partial charge < -0.3 is 16.3 Å². The number of hydrogen-bond donors (Lipinski definition) is 3. The van der Waals surface area contributed by atoms with Gasteiger partial charge in [-0.3, -0.25) is 4.68 Å². The van der Waals surface area contributed by atoms with Crippen molar-refractivity contribution in [2.75, 3.05) is 0 Å². The summed E-state index contributed by atoms with van der Waals surface area (Å²) in [6.07, 6.45) is 1.99. The van der Waals surface area contributed by atoms with E-state index in [2.05, 4.69) is 15.6 Å². The van der Waals surface area contributed by atoms with Crippen molar-refractivity contribution < 1.29 is 5.21 Å². The van der Waals surface area contributed by atoms with E-state index in [1.165, 1.54) is 0 Å². The second-order valence-electron chi connectivity index (χ2n) is 4.81. The summed E-state index contributed by atoms with van der Waals surface area (Å²) in [5.41, 5.74) is 9.24. The van der Waals surface area contributed by atoms with Gasteiger partial charge in [0.25, 0.3) is 0 Å². The van der Waals surface area contributed by atoms with Crippen LogP contribution in [0.4, 0.5) is 0 Å². The summed E-state index contributed by atoms with van der Waals surface area (Å²) in [5.74, 6) is 0.0439. The largest absolute Gasteiger partial charge is 0.409 e. The average molecular weight is 308 g/mol. The Morgan fingerprint density at radius 3 is 2.71 bits per heavy atom. The lowest BCUT2D eigenvalue weighted by atomic mass is 10.1. The van der Waals surface area contributed by atoms with Gasteiger partial charge in [0, 0.05) is 42.5 Å². The quantitative estimate of drug-likeness (QED) is 0.340. The molecule has 0 radical (unpaired) electrons. The molecule has 0 aliphatic rings. The van der Waals surface area contributed by atoms with Gasteiger partial charge in [-0.15, -0.1) is 0 Å². The molecule has 0 aliphatic carbocycles. The standard InChI is InChI=1S/C14H18ClN5O/c1-9-12(8-20(2)18-9)7-17-6-11-4-3-10(5-13(11)15)14(16)19-21/h3-5,8,17,21H,6-7H2,1-2H3,(H2,16,19). The minimum absolute atomic E-state index is 0.0439. The van der Waals surface area contributed by atoms with Crippen LogP contribution in [0.25, 0.3) is 0 Å². The third-order valence-electron chi connectivity index (χ3n) is 3.20. The second kappa shape index (κ2) is 6.60. The molecule has 0 fully saturated rings. The monoisotopic (exact) mass is 307 g/mol. The third-order valence-corrected chi connectivity index (χ3v) is 3.55. The van der Waals surface area contributed by atoms with Crippen molar-refractivity contribution in [1.29, 1.82) is 0 Å². The summed E-state index contributed by atoms with van der Waals surface area (Å²) in [6.45, 7) is 3.33. The van der Waals surface area contributed by atoms with Crippen LogP contribution >= 0.6 is 11.6 Å². The number of hydrogen-bond acceptors (Lipinski definition) is 4. The SMILES string of the molecule is Cc1nn(C)cc1CNCc1ccc(/C(N)=N/O)cc1Cl. The van der Waals surface area contributed by atoms with Crippen LogP contribution in [0, 0.1) is 6.92 Å². The van der Waals surface area contributed by atoms with Crippen molar-refractivity contribution in [3.8, 4) is 0 Å². The summed E-state index contributed by atoms with van der Waals surface area (Å²) in [5, 5.41) is 19.8. The maximum atomic E-state index is 8.64. The van der Waals surface area contributed by atoms with Gasteiger partial charge in [0.1, 0.15) is 0 Å². The summed E-state index contributed by atoms with van der Waals surface area (Å²) in [7, 11) is 1.90. The lowest BCUT2D eigenvalue weighted by molar-refractivity contribution is 0.318. The number of oxime groups is 1. The topological polar surface area (TPSA) is 88.5 Å². The van der Waals surface area contributed by atoms with E-state index in [1.807, 2.05) is 26.2 Å². The van der Waals surface area contributed by atoms with Gasteiger partial charge >= 0.3 is 0 Å². The molecule has 0 atom stereocenters. The Morgan fingerprint density at radius 2 is 2.14 bits per heavy atom. The van der Waals surface area contributed by atoms with E-state index in [0.29, 0.717) is 17.1 Å². The van der Waals surface area contributed by atoms with Crippen molar-refractivity contribution in [2.45, 2.75) is 20.0 Å². The number of nitrogens with two attached hydrogens (primary N) is 1. The molecule has 2 rings (SSSR count). The molecule has 112 valence electrons. The van der Waals surface area contributed by atoms with E-state index in [-0.39, 0.29) is 5.84 Å².